The van der Waals surface area contributed by atoms with Crippen molar-refractivity contribution in [3.63, 3.8) is 0 Å². The molecule has 21 heavy (non-hydrogen) atoms. The summed E-state index contributed by atoms with van der Waals surface area (Å²) < 4.78 is 52.9. The van der Waals surface area contributed by atoms with Crippen LogP contribution in [0.2, 0.25) is 5.02 Å². The highest BCUT2D eigenvalue weighted by atomic mass is 35.5. The van der Waals surface area contributed by atoms with Gasteiger partial charge in [0, 0.05) is 17.3 Å². The summed E-state index contributed by atoms with van der Waals surface area (Å²) >= 11 is 5.72. The largest absolute Gasteiger partial charge is 0.573 e. The zero-order valence-electron chi connectivity index (χ0n) is 10.5. The van der Waals surface area contributed by atoms with Gasteiger partial charge in [-0.2, -0.15) is 0 Å². The molecular weight excluding hydrogens is 310 g/mol. The number of ether oxygens (including phenoxy) is 1. The smallest absolute Gasteiger partial charge is 0.406 e. The molecule has 0 bridgehead atoms. The van der Waals surface area contributed by atoms with Crippen LogP contribution in [0.4, 0.5) is 23.2 Å². The van der Waals surface area contributed by atoms with Gasteiger partial charge in [-0.05, 0) is 48.0 Å². The van der Waals surface area contributed by atoms with E-state index in [1.807, 2.05) is 0 Å². The van der Waals surface area contributed by atoms with Crippen LogP contribution in [0.5, 0.6) is 5.75 Å². The Bertz CT molecular complexity index is 593. The molecule has 0 radical (unpaired) electrons. The number of anilines is 1. The average Bonchev–Trinajstić information content (AvgIpc) is 2.35. The van der Waals surface area contributed by atoms with Crippen LogP contribution in [-0.2, 0) is 6.54 Å². The Balaban J connectivity index is 1.97. The van der Waals surface area contributed by atoms with E-state index in [9.17, 15) is 17.6 Å². The highest BCUT2D eigenvalue weighted by molar-refractivity contribution is 6.30. The first-order chi connectivity index (χ1) is 9.82. The highest BCUT2D eigenvalue weighted by Gasteiger charge is 2.30. The van der Waals surface area contributed by atoms with E-state index < -0.39 is 12.2 Å². The number of hydrogen-bond donors (Lipinski definition) is 1. The first kappa shape index (κ1) is 15.4. The second-order valence-electron chi connectivity index (χ2n) is 4.20. The fourth-order valence-corrected chi connectivity index (χ4v) is 1.94. The number of rotatable bonds is 4. The SMILES string of the molecule is Fc1cc(Cl)cc(CNc2ccc(OC(F)(F)F)cc2)c1. The van der Waals surface area contributed by atoms with Gasteiger partial charge >= 0.3 is 6.36 Å². The maximum atomic E-state index is 13.1. The third-order valence-electron chi connectivity index (χ3n) is 2.51. The molecule has 2 aromatic carbocycles. The lowest BCUT2D eigenvalue weighted by Gasteiger charge is -2.10. The Morgan fingerprint density at radius 3 is 2.29 bits per heavy atom. The molecule has 0 aliphatic heterocycles. The van der Waals surface area contributed by atoms with Crippen molar-refractivity contribution in [1.82, 2.24) is 0 Å². The summed E-state index contributed by atoms with van der Waals surface area (Å²) in [7, 11) is 0. The molecule has 0 amide bonds. The minimum atomic E-state index is -4.72. The summed E-state index contributed by atoms with van der Waals surface area (Å²) in [5.41, 5.74) is 1.19. The first-order valence-electron chi connectivity index (χ1n) is 5.86. The Labute approximate surface area is 123 Å². The Morgan fingerprint density at radius 1 is 1.05 bits per heavy atom. The van der Waals surface area contributed by atoms with E-state index in [0.717, 1.165) is 0 Å². The molecule has 0 aliphatic carbocycles. The van der Waals surface area contributed by atoms with Gasteiger partial charge in [-0.1, -0.05) is 11.6 Å². The minimum absolute atomic E-state index is 0.278. The molecule has 0 heterocycles. The van der Waals surface area contributed by atoms with Crippen LogP contribution in [0.25, 0.3) is 0 Å². The van der Waals surface area contributed by atoms with Gasteiger partial charge in [0.1, 0.15) is 11.6 Å². The van der Waals surface area contributed by atoms with Crippen molar-refractivity contribution in [3.8, 4) is 5.75 Å². The van der Waals surface area contributed by atoms with E-state index in [0.29, 0.717) is 11.3 Å². The van der Waals surface area contributed by atoms with E-state index >= 15 is 0 Å². The summed E-state index contributed by atoms with van der Waals surface area (Å²) in [4.78, 5) is 0. The van der Waals surface area contributed by atoms with E-state index in [4.69, 9.17) is 11.6 Å². The molecule has 0 atom stereocenters. The Morgan fingerprint density at radius 2 is 1.71 bits per heavy atom. The molecule has 0 unspecified atom stereocenters. The second-order valence-corrected chi connectivity index (χ2v) is 4.64. The summed E-state index contributed by atoms with van der Waals surface area (Å²) in [6.07, 6.45) is -4.72. The first-order valence-corrected chi connectivity index (χ1v) is 6.24. The Kier molecular flexibility index (Phi) is 4.57. The van der Waals surface area contributed by atoms with Crippen LogP contribution in [0.3, 0.4) is 0 Å². The molecule has 2 aromatic rings. The molecule has 112 valence electrons. The molecule has 0 saturated carbocycles. The van der Waals surface area contributed by atoms with Crippen LogP contribution in [0.15, 0.2) is 42.5 Å². The van der Waals surface area contributed by atoms with Crippen LogP contribution < -0.4 is 10.1 Å². The number of nitrogens with one attached hydrogen (secondary N) is 1. The van der Waals surface area contributed by atoms with Gasteiger partial charge in [-0.3, -0.25) is 0 Å². The lowest BCUT2D eigenvalue weighted by Crippen LogP contribution is -2.17. The fraction of sp³-hybridized carbons (Fsp3) is 0.143. The summed E-state index contributed by atoms with van der Waals surface area (Å²) in [5, 5.41) is 3.22. The van der Waals surface area contributed by atoms with Crippen LogP contribution in [0.1, 0.15) is 5.56 Å². The zero-order chi connectivity index (χ0) is 15.5. The molecule has 1 N–H and O–H groups in total. The molecule has 0 aliphatic rings. The topological polar surface area (TPSA) is 21.3 Å². The number of hydrogen-bond acceptors (Lipinski definition) is 2. The van der Waals surface area contributed by atoms with E-state index in [2.05, 4.69) is 10.1 Å². The van der Waals surface area contributed by atoms with Gasteiger partial charge in [0.25, 0.3) is 0 Å². The number of alkyl halides is 3. The minimum Gasteiger partial charge on any atom is -0.406 e. The summed E-state index contributed by atoms with van der Waals surface area (Å²) in [5.74, 6) is -0.755. The summed E-state index contributed by atoms with van der Waals surface area (Å²) in [6, 6.07) is 9.35. The van der Waals surface area contributed by atoms with Crippen molar-refractivity contribution in [2.75, 3.05) is 5.32 Å². The van der Waals surface area contributed by atoms with Gasteiger partial charge in [0.05, 0.1) is 0 Å². The van der Waals surface area contributed by atoms with Crippen LogP contribution in [0, 0.1) is 5.82 Å². The van der Waals surface area contributed by atoms with Gasteiger partial charge in [-0.15, -0.1) is 13.2 Å². The lowest BCUT2D eigenvalue weighted by molar-refractivity contribution is -0.274. The Hall–Kier alpha value is -1.95. The zero-order valence-corrected chi connectivity index (χ0v) is 11.3. The number of halogens is 5. The van der Waals surface area contributed by atoms with Crippen LogP contribution in [-0.4, -0.2) is 6.36 Å². The molecule has 7 heteroatoms. The molecule has 0 aromatic heterocycles. The quantitative estimate of drug-likeness (QED) is 0.802. The second kappa shape index (κ2) is 6.22. The van der Waals surface area contributed by atoms with Gasteiger partial charge in [-0.25, -0.2) is 4.39 Å². The van der Waals surface area contributed by atoms with E-state index in [1.165, 1.54) is 36.4 Å². The highest BCUT2D eigenvalue weighted by Crippen LogP contribution is 2.24. The van der Waals surface area contributed by atoms with Crippen molar-refractivity contribution < 1.29 is 22.3 Å². The van der Waals surface area contributed by atoms with Crippen molar-refractivity contribution in [1.29, 1.82) is 0 Å². The van der Waals surface area contributed by atoms with Crippen LogP contribution >= 0.6 is 11.6 Å². The molecule has 2 rings (SSSR count). The third kappa shape index (κ3) is 5.15. The van der Waals surface area contributed by atoms with Crippen molar-refractivity contribution >= 4 is 17.3 Å². The fourth-order valence-electron chi connectivity index (χ4n) is 1.69. The van der Waals surface area contributed by atoms with Gasteiger partial charge in [0.2, 0.25) is 0 Å². The molecular formula is C14H10ClF4NO. The average molecular weight is 320 g/mol. The molecule has 2 nitrogen and oxygen atoms in total. The van der Waals surface area contributed by atoms with Gasteiger partial charge in [0.15, 0.2) is 0 Å². The predicted octanol–water partition coefficient (Wildman–Crippen LogP) is 4.99. The normalized spacial score (nSPS) is 11.3. The van der Waals surface area contributed by atoms with Crippen molar-refractivity contribution in [2.24, 2.45) is 0 Å². The van der Waals surface area contributed by atoms with Gasteiger partial charge < -0.3 is 10.1 Å². The van der Waals surface area contributed by atoms with E-state index in [1.54, 1.807) is 6.07 Å². The van der Waals surface area contributed by atoms with Crippen molar-refractivity contribution in [3.05, 3.63) is 58.9 Å². The third-order valence-corrected chi connectivity index (χ3v) is 2.73. The monoisotopic (exact) mass is 319 g/mol. The molecule has 0 fully saturated rings. The standard InChI is InChI=1S/C14H10ClF4NO/c15-10-5-9(6-11(16)7-10)8-20-12-1-3-13(4-2-12)21-14(17,18)19/h1-7,20H,8H2. The number of benzene rings is 2. The van der Waals surface area contributed by atoms with E-state index in [-0.39, 0.29) is 17.3 Å². The maximum Gasteiger partial charge on any atom is 0.573 e. The molecule has 0 saturated heterocycles. The summed E-state index contributed by atoms with van der Waals surface area (Å²) in [6.45, 7) is 0.289. The maximum absolute atomic E-state index is 13.1. The van der Waals surface area contributed by atoms with Crippen molar-refractivity contribution in [2.45, 2.75) is 12.9 Å². The predicted molar refractivity (Wildman–Crippen MR) is 71.9 cm³/mol. The lowest BCUT2D eigenvalue weighted by atomic mass is 10.2. The molecule has 0 spiro atoms.